The van der Waals surface area contributed by atoms with Crippen LogP contribution in [-0.4, -0.2) is 18.3 Å². The van der Waals surface area contributed by atoms with Gasteiger partial charge in [0.25, 0.3) is 0 Å². The summed E-state index contributed by atoms with van der Waals surface area (Å²) in [6, 6.07) is 5.52. The molecule has 0 bridgehead atoms. The maximum Gasteiger partial charge on any atom is 0.161 e. The smallest absolute Gasteiger partial charge is 0.161 e. The predicted molar refractivity (Wildman–Crippen MR) is 52.5 cm³/mol. The molecule has 0 aromatic heterocycles. The van der Waals surface area contributed by atoms with E-state index in [0.717, 1.165) is 17.1 Å². The van der Waals surface area contributed by atoms with Crippen LogP contribution in [0.1, 0.15) is 12.5 Å². The average molecular weight is 194 g/mol. The number of hydrogen-bond donors (Lipinski definition) is 1. The van der Waals surface area contributed by atoms with E-state index >= 15 is 0 Å². The molecule has 1 aromatic rings. The van der Waals surface area contributed by atoms with Crippen molar-refractivity contribution in [2.24, 2.45) is 5.92 Å². The molecule has 1 aliphatic heterocycles. The van der Waals surface area contributed by atoms with Crippen molar-refractivity contribution in [3.05, 3.63) is 23.8 Å². The first-order valence-corrected chi connectivity index (χ1v) is 4.79. The van der Waals surface area contributed by atoms with Crippen molar-refractivity contribution in [1.82, 2.24) is 0 Å². The first-order chi connectivity index (χ1) is 6.79. The Morgan fingerprint density at radius 3 is 2.71 bits per heavy atom. The Hall–Kier alpha value is -1.22. The maximum atomic E-state index is 8.97. The van der Waals surface area contributed by atoms with Crippen molar-refractivity contribution in [3.63, 3.8) is 0 Å². The van der Waals surface area contributed by atoms with Crippen LogP contribution < -0.4 is 9.47 Å². The summed E-state index contributed by atoms with van der Waals surface area (Å²) in [7, 11) is 0. The molecule has 1 aliphatic rings. The van der Waals surface area contributed by atoms with Crippen LogP contribution in [0.3, 0.4) is 0 Å². The third-order valence-electron chi connectivity index (χ3n) is 2.24. The average Bonchev–Trinajstić information content (AvgIpc) is 2.40. The van der Waals surface area contributed by atoms with Crippen LogP contribution in [0.2, 0.25) is 0 Å². The Bertz CT molecular complexity index is 322. The second-order valence-electron chi connectivity index (χ2n) is 3.67. The van der Waals surface area contributed by atoms with Crippen molar-refractivity contribution < 1.29 is 14.6 Å². The molecule has 2 rings (SSSR count). The van der Waals surface area contributed by atoms with E-state index in [0.29, 0.717) is 19.1 Å². The Kier molecular flexibility index (Phi) is 2.59. The van der Waals surface area contributed by atoms with E-state index in [-0.39, 0.29) is 6.61 Å². The number of fused-ring (bicyclic) bond motifs is 1. The van der Waals surface area contributed by atoms with Gasteiger partial charge >= 0.3 is 0 Å². The van der Waals surface area contributed by atoms with Crippen molar-refractivity contribution in [1.29, 1.82) is 0 Å². The standard InChI is InChI=1S/C11H14O3/c1-8-6-13-10-3-2-9(5-12)4-11(10)14-7-8/h2-4,8,12H,5-7H2,1H3. The van der Waals surface area contributed by atoms with Crippen molar-refractivity contribution in [2.45, 2.75) is 13.5 Å². The Labute approximate surface area is 83.3 Å². The molecule has 0 saturated carbocycles. The van der Waals surface area contributed by atoms with E-state index in [4.69, 9.17) is 14.6 Å². The minimum atomic E-state index is 0.0339. The van der Waals surface area contributed by atoms with Crippen LogP contribution in [0, 0.1) is 5.92 Å². The zero-order valence-corrected chi connectivity index (χ0v) is 8.19. The van der Waals surface area contributed by atoms with Gasteiger partial charge in [-0.05, 0) is 17.7 Å². The van der Waals surface area contributed by atoms with E-state index in [1.165, 1.54) is 0 Å². The highest BCUT2D eigenvalue weighted by atomic mass is 16.5. The summed E-state index contributed by atoms with van der Waals surface area (Å²) in [5, 5.41) is 8.97. The lowest BCUT2D eigenvalue weighted by atomic mass is 10.2. The van der Waals surface area contributed by atoms with Crippen molar-refractivity contribution in [3.8, 4) is 11.5 Å². The van der Waals surface area contributed by atoms with Gasteiger partial charge in [0.1, 0.15) is 0 Å². The fourth-order valence-electron chi connectivity index (χ4n) is 1.40. The molecule has 76 valence electrons. The summed E-state index contributed by atoms with van der Waals surface area (Å²) in [5.74, 6) is 1.91. The van der Waals surface area contributed by atoms with Crippen LogP contribution in [0.4, 0.5) is 0 Å². The highest BCUT2D eigenvalue weighted by Gasteiger charge is 2.14. The summed E-state index contributed by atoms with van der Waals surface area (Å²) in [6.07, 6.45) is 0. The Morgan fingerprint density at radius 1 is 1.29 bits per heavy atom. The van der Waals surface area contributed by atoms with Crippen LogP contribution >= 0.6 is 0 Å². The van der Waals surface area contributed by atoms with Gasteiger partial charge in [-0.3, -0.25) is 0 Å². The molecule has 0 aliphatic carbocycles. The second kappa shape index (κ2) is 3.88. The van der Waals surface area contributed by atoms with Crippen LogP contribution in [0.25, 0.3) is 0 Å². The van der Waals surface area contributed by atoms with Gasteiger partial charge in [0.15, 0.2) is 11.5 Å². The SMILES string of the molecule is CC1COc2ccc(CO)cc2OC1. The number of aliphatic hydroxyl groups is 1. The summed E-state index contributed by atoms with van der Waals surface area (Å²) < 4.78 is 11.1. The van der Waals surface area contributed by atoms with Gasteiger partial charge in [-0.25, -0.2) is 0 Å². The molecule has 3 nitrogen and oxygen atoms in total. The molecule has 1 atom stereocenters. The number of hydrogen-bond acceptors (Lipinski definition) is 3. The van der Waals surface area contributed by atoms with E-state index in [1.807, 2.05) is 18.2 Å². The fraction of sp³-hybridized carbons (Fsp3) is 0.455. The maximum absolute atomic E-state index is 8.97. The summed E-state index contributed by atoms with van der Waals surface area (Å²) in [5.41, 5.74) is 0.849. The minimum absolute atomic E-state index is 0.0339. The predicted octanol–water partition coefficient (Wildman–Crippen LogP) is 1.59. The van der Waals surface area contributed by atoms with Crippen LogP contribution in [0.5, 0.6) is 11.5 Å². The Morgan fingerprint density at radius 2 is 2.00 bits per heavy atom. The molecular formula is C11H14O3. The fourth-order valence-corrected chi connectivity index (χ4v) is 1.40. The summed E-state index contributed by atoms with van der Waals surface area (Å²) >= 11 is 0. The van der Waals surface area contributed by atoms with Crippen LogP contribution in [0.15, 0.2) is 18.2 Å². The van der Waals surface area contributed by atoms with Gasteiger partial charge < -0.3 is 14.6 Å². The van der Waals surface area contributed by atoms with Gasteiger partial charge in [-0.2, -0.15) is 0 Å². The van der Waals surface area contributed by atoms with Gasteiger partial charge in [0.05, 0.1) is 19.8 Å². The molecular weight excluding hydrogens is 180 g/mol. The number of rotatable bonds is 1. The second-order valence-corrected chi connectivity index (χ2v) is 3.67. The topological polar surface area (TPSA) is 38.7 Å². The molecule has 1 heterocycles. The summed E-state index contributed by atoms with van der Waals surface area (Å²) in [4.78, 5) is 0. The first-order valence-electron chi connectivity index (χ1n) is 4.79. The molecule has 0 amide bonds. The zero-order valence-electron chi connectivity index (χ0n) is 8.19. The molecule has 1 unspecified atom stereocenters. The lowest BCUT2D eigenvalue weighted by Crippen LogP contribution is -2.12. The van der Waals surface area contributed by atoms with Gasteiger partial charge in [0, 0.05) is 5.92 Å². The lowest BCUT2D eigenvalue weighted by molar-refractivity contribution is 0.228. The monoisotopic (exact) mass is 194 g/mol. The van der Waals surface area contributed by atoms with Crippen molar-refractivity contribution in [2.75, 3.05) is 13.2 Å². The largest absolute Gasteiger partial charge is 0.489 e. The van der Waals surface area contributed by atoms with Gasteiger partial charge in [-0.1, -0.05) is 13.0 Å². The molecule has 0 saturated heterocycles. The third kappa shape index (κ3) is 1.82. The van der Waals surface area contributed by atoms with E-state index in [1.54, 1.807) is 0 Å². The normalized spacial score (nSPS) is 20.3. The molecule has 3 heteroatoms. The number of aliphatic hydroxyl groups excluding tert-OH is 1. The molecule has 1 N–H and O–H groups in total. The van der Waals surface area contributed by atoms with E-state index < -0.39 is 0 Å². The quantitative estimate of drug-likeness (QED) is 0.737. The molecule has 0 fully saturated rings. The number of benzene rings is 1. The highest BCUT2D eigenvalue weighted by molar-refractivity contribution is 5.43. The molecule has 14 heavy (non-hydrogen) atoms. The van der Waals surface area contributed by atoms with E-state index in [9.17, 15) is 0 Å². The highest BCUT2D eigenvalue weighted by Crippen LogP contribution is 2.31. The van der Waals surface area contributed by atoms with Gasteiger partial charge in [-0.15, -0.1) is 0 Å². The minimum Gasteiger partial charge on any atom is -0.489 e. The number of ether oxygens (including phenoxy) is 2. The molecule has 0 spiro atoms. The van der Waals surface area contributed by atoms with Crippen LogP contribution in [-0.2, 0) is 6.61 Å². The Balaban J connectivity index is 2.27. The summed E-state index contributed by atoms with van der Waals surface area (Å²) in [6.45, 7) is 3.47. The first kappa shape index (κ1) is 9.34. The van der Waals surface area contributed by atoms with E-state index in [2.05, 4.69) is 6.92 Å². The molecule has 1 aromatic carbocycles. The van der Waals surface area contributed by atoms with Crippen molar-refractivity contribution >= 4 is 0 Å². The third-order valence-corrected chi connectivity index (χ3v) is 2.24. The lowest BCUT2D eigenvalue weighted by Gasteiger charge is -2.07. The zero-order chi connectivity index (χ0) is 9.97. The van der Waals surface area contributed by atoms with Gasteiger partial charge in [0.2, 0.25) is 0 Å². The molecule has 0 radical (unpaired) electrons.